The van der Waals surface area contributed by atoms with Crippen molar-refractivity contribution in [3.05, 3.63) is 18.0 Å². The molecule has 0 aromatic carbocycles. The van der Waals surface area contributed by atoms with Gasteiger partial charge in [-0.3, -0.25) is 9.48 Å². The third kappa shape index (κ3) is 3.30. The molecular formula is C12H20N4O2. The van der Waals surface area contributed by atoms with Crippen LogP contribution in [0.15, 0.2) is 12.4 Å². The van der Waals surface area contributed by atoms with E-state index in [-0.39, 0.29) is 12.0 Å². The summed E-state index contributed by atoms with van der Waals surface area (Å²) in [6.07, 6.45) is 4.22. The number of nitrogens with two attached hydrogens (primary N) is 1. The minimum Gasteiger partial charge on any atom is -0.373 e. The summed E-state index contributed by atoms with van der Waals surface area (Å²) in [6, 6.07) is 0. The third-order valence-electron chi connectivity index (χ3n) is 3.00. The Morgan fingerprint density at radius 2 is 2.50 bits per heavy atom. The third-order valence-corrected chi connectivity index (χ3v) is 3.00. The zero-order valence-corrected chi connectivity index (χ0v) is 10.7. The Morgan fingerprint density at radius 3 is 3.17 bits per heavy atom. The van der Waals surface area contributed by atoms with Crippen molar-refractivity contribution in [3.63, 3.8) is 0 Å². The van der Waals surface area contributed by atoms with Crippen molar-refractivity contribution in [1.82, 2.24) is 14.7 Å². The van der Waals surface area contributed by atoms with Crippen LogP contribution in [0.5, 0.6) is 0 Å². The van der Waals surface area contributed by atoms with Gasteiger partial charge in [-0.15, -0.1) is 0 Å². The normalized spacial score (nSPS) is 20.1. The average Bonchev–Trinajstić information content (AvgIpc) is 2.75. The van der Waals surface area contributed by atoms with Crippen molar-refractivity contribution in [3.8, 4) is 0 Å². The Bertz CT molecular complexity index is 405. The zero-order valence-electron chi connectivity index (χ0n) is 10.7. The van der Waals surface area contributed by atoms with Gasteiger partial charge in [0.2, 0.25) is 5.91 Å². The molecule has 1 fully saturated rings. The first-order chi connectivity index (χ1) is 8.69. The van der Waals surface area contributed by atoms with Crippen LogP contribution in [0.25, 0.3) is 0 Å². The molecule has 1 atom stereocenters. The first kappa shape index (κ1) is 13.0. The Hall–Kier alpha value is -1.40. The van der Waals surface area contributed by atoms with E-state index in [0.717, 1.165) is 5.56 Å². The molecule has 1 unspecified atom stereocenters. The van der Waals surface area contributed by atoms with Gasteiger partial charge in [-0.25, -0.2) is 0 Å². The molecule has 6 heteroatoms. The molecule has 0 bridgehead atoms. The Labute approximate surface area is 107 Å². The van der Waals surface area contributed by atoms with Crippen LogP contribution < -0.4 is 5.73 Å². The van der Waals surface area contributed by atoms with E-state index in [4.69, 9.17) is 10.5 Å². The Kier molecular flexibility index (Phi) is 4.33. The predicted octanol–water partition coefficient (Wildman–Crippen LogP) is -0.232. The lowest BCUT2D eigenvalue weighted by Crippen LogP contribution is -2.47. The fraction of sp³-hybridized carbons (Fsp3) is 0.667. The summed E-state index contributed by atoms with van der Waals surface area (Å²) in [6.45, 7) is 4.95. The number of morpholine rings is 1. The second-order valence-corrected chi connectivity index (χ2v) is 4.61. The lowest BCUT2D eigenvalue weighted by Gasteiger charge is -2.33. The number of aromatic nitrogens is 2. The van der Waals surface area contributed by atoms with Crippen molar-refractivity contribution >= 4 is 5.91 Å². The van der Waals surface area contributed by atoms with Gasteiger partial charge < -0.3 is 15.4 Å². The standard InChI is InChI=1S/C12H20N4O2/c1-10-6-14-16(7-10)9-11-8-15(4-5-18-11)12(17)2-3-13/h6-7,11H,2-5,8-9,13H2,1H3. The lowest BCUT2D eigenvalue weighted by atomic mass is 10.2. The highest BCUT2D eigenvalue weighted by molar-refractivity contribution is 5.76. The summed E-state index contributed by atoms with van der Waals surface area (Å²) in [7, 11) is 0. The van der Waals surface area contributed by atoms with E-state index in [1.54, 1.807) is 0 Å². The summed E-state index contributed by atoms with van der Waals surface area (Å²) in [5, 5.41) is 4.23. The lowest BCUT2D eigenvalue weighted by molar-refractivity contribution is -0.139. The number of ether oxygens (including phenoxy) is 1. The second kappa shape index (κ2) is 5.97. The molecule has 2 rings (SSSR count). The zero-order chi connectivity index (χ0) is 13.0. The van der Waals surface area contributed by atoms with Crippen molar-refractivity contribution < 1.29 is 9.53 Å². The highest BCUT2D eigenvalue weighted by Crippen LogP contribution is 2.09. The van der Waals surface area contributed by atoms with Crippen LogP contribution >= 0.6 is 0 Å². The maximum absolute atomic E-state index is 11.8. The van der Waals surface area contributed by atoms with Gasteiger partial charge in [0.25, 0.3) is 0 Å². The van der Waals surface area contributed by atoms with Crippen LogP contribution in [0, 0.1) is 6.92 Å². The summed E-state index contributed by atoms with van der Waals surface area (Å²) >= 11 is 0. The van der Waals surface area contributed by atoms with Gasteiger partial charge >= 0.3 is 0 Å². The Balaban J connectivity index is 1.88. The molecule has 6 nitrogen and oxygen atoms in total. The van der Waals surface area contributed by atoms with E-state index in [9.17, 15) is 4.79 Å². The van der Waals surface area contributed by atoms with Crippen LogP contribution in [-0.2, 0) is 16.1 Å². The van der Waals surface area contributed by atoms with Gasteiger partial charge in [0.1, 0.15) is 0 Å². The largest absolute Gasteiger partial charge is 0.373 e. The minimum atomic E-state index is 0.0137. The number of nitrogens with zero attached hydrogens (tertiary/aromatic N) is 3. The van der Waals surface area contributed by atoms with Gasteiger partial charge in [-0.2, -0.15) is 5.10 Å². The molecule has 1 aliphatic heterocycles. The van der Waals surface area contributed by atoms with Gasteiger partial charge in [0.15, 0.2) is 0 Å². The molecule has 0 spiro atoms. The molecule has 0 radical (unpaired) electrons. The fourth-order valence-corrected chi connectivity index (χ4v) is 2.11. The van der Waals surface area contributed by atoms with Crippen molar-refractivity contribution in [2.75, 3.05) is 26.2 Å². The number of aryl methyl sites for hydroxylation is 1. The topological polar surface area (TPSA) is 73.4 Å². The Morgan fingerprint density at radius 1 is 1.67 bits per heavy atom. The van der Waals surface area contributed by atoms with E-state index in [1.807, 2.05) is 28.9 Å². The molecule has 1 aromatic heterocycles. The van der Waals surface area contributed by atoms with Gasteiger partial charge in [0.05, 0.1) is 25.5 Å². The molecule has 1 aromatic rings. The van der Waals surface area contributed by atoms with E-state index >= 15 is 0 Å². The summed E-state index contributed by atoms with van der Waals surface area (Å²) in [4.78, 5) is 13.6. The number of carbonyl (C=O) groups excluding carboxylic acids is 1. The maximum Gasteiger partial charge on any atom is 0.224 e. The number of carbonyl (C=O) groups is 1. The number of rotatable bonds is 4. The summed E-state index contributed by atoms with van der Waals surface area (Å²) < 4.78 is 7.52. The number of hydrogen-bond donors (Lipinski definition) is 1. The first-order valence-electron chi connectivity index (χ1n) is 6.27. The quantitative estimate of drug-likeness (QED) is 0.803. The molecule has 18 heavy (non-hydrogen) atoms. The van der Waals surface area contributed by atoms with E-state index in [0.29, 0.717) is 39.2 Å². The molecule has 100 valence electrons. The molecule has 1 aliphatic rings. The highest BCUT2D eigenvalue weighted by atomic mass is 16.5. The van der Waals surface area contributed by atoms with Crippen LogP contribution in [-0.4, -0.2) is 52.9 Å². The molecule has 2 N–H and O–H groups in total. The second-order valence-electron chi connectivity index (χ2n) is 4.61. The van der Waals surface area contributed by atoms with Gasteiger partial charge in [-0.1, -0.05) is 0 Å². The van der Waals surface area contributed by atoms with E-state index in [2.05, 4.69) is 5.10 Å². The van der Waals surface area contributed by atoms with Crippen molar-refractivity contribution in [2.45, 2.75) is 26.0 Å². The van der Waals surface area contributed by atoms with Crippen LogP contribution in [0.1, 0.15) is 12.0 Å². The molecular weight excluding hydrogens is 232 g/mol. The highest BCUT2D eigenvalue weighted by Gasteiger charge is 2.24. The van der Waals surface area contributed by atoms with Gasteiger partial charge in [-0.05, 0) is 12.5 Å². The average molecular weight is 252 g/mol. The molecule has 2 heterocycles. The van der Waals surface area contributed by atoms with Crippen LogP contribution in [0.3, 0.4) is 0 Å². The van der Waals surface area contributed by atoms with Gasteiger partial charge in [0, 0.05) is 32.3 Å². The molecule has 0 saturated carbocycles. The molecule has 1 amide bonds. The first-order valence-corrected chi connectivity index (χ1v) is 6.27. The predicted molar refractivity (Wildman–Crippen MR) is 67.0 cm³/mol. The van der Waals surface area contributed by atoms with Crippen molar-refractivity contribution in [1.29, 1.82) is 0 Å². The summed E-state index contributed by atoms with van der Waals surface area (Å²) in [5.41, 5.74) is 6.53. The minimum absolute atomic E-state index is 0.0137. The number of hydrogen-bond acceptors (Lipinski definition) is 4. The smallest absolute Gasteiger partial charge is 0.224 e. The molecule has 1 saturated heterocycles. The monoisotopic (exact) mass is 252 g/mol. The maximum atomic E-state index is 11.8. The van der Waals surface area contributed by atoms with E-state index < -0.39 is 0 Å². The molecule has 0 aliphatic carbocycles. The SMILES string of the molecule is Cc1cnn(CC2CN(C(=O)CCN)CCO2)c1. The van der Waals surface area contributed by atoms with Crippen LogP contribution in [0.2, 0.25) is 0 Å². The summed E-state index contributed by atoms with van der Waals surface area (Å²) in [5.74, 6) is 0.113. The van der Waals surface area contributed by atoms with Crippen LogP contribution in [0.4, 0.5) is 0 Å². The fourth-order valence-electron chi connectivity index (χ4n) is 2.11. The number of amides is 1. The van der Waals surface area contributed by atoms with E-state index in [1.165, 1.54) is 0 Å². The van der Waals surface area contributed by atoms with Crippen molar-refractivity contribution in [2.24, 2.45) is 5.73 Å².